The van der Waals surface area contributed by atoms with E-state index < -0.39 is 18.8 Å². The zero-order valence-corrected chi connectivity index (χ0v) is 12.4. The predicted molar refractivity (Wildman–Crippen MR) is 78.1 cm³/mol. The van der Waals surface area contributed by atoms with Crippen LogP contribution in [0.15, 0.2) is 18.2 Å². The van der Waals surface area contributed by atoms with Gasteiger partial charge in [0.05, 0.1) is 10.7 Å². The molecule has 0 saturated carbocycles. The summed E-state index contributed by atoms with van der Waals surface area (Å²) in [4.78, 5) is 22.9. The van der Waals surface area contributed by atoms with E-state index in [9.17, 15) is 22.8 Å². The van der Waals surface area contributed by atoms with Crippen LogP contribution in [0.2, 0.25) is 5.02 Å². The molecule has 3 amide bonds. The SMILES string of the molecule is CCCC(=O)Nc1ccc(Cl)c(NC(=O)NCC(F)(F)F)c1. The second-order valence-electron chi connectivity index (χ2n) is 4.42. The van der Waals surface area contributed by atoms with Gasteiger partial charge in [0, 0.05) is 12.1 Å². The van der Waals surface area contributed by atoms with Crippen molar-refractivity contribution in [1.82, 2.24) is 5.32 Å². The van der Waals surface area contributed by atoms with Crippen molar-refractivity contribution in [2.24, 2.45) is 0 Å². The maximum Gasteiger partial charge on any atom is 0.405 e. The Morgan fingerprint density at radius 2 is 1.91 bits per heavy atom. The van der Waals surface area contributed by atoms with E-state index in [1.807, 2.05) is 6.92 Å². The molecule has 22 heavy (non-hydrogen) atoms. The first-order chi connectivity index (χ1) is 10.2. The summed E-state index contributed by atoms with van der Waals surface area (Å²) in [6.45, 7) is 0.392. The molecule has 1 rings (SSSR count). The second-order valence-corrected chi connectivity index (χ2v) is 4.82. The van der Waals surface area contributed by atoms with Crippen LogP contribution in [0, 0.1) is 0 Å². The number of benzene rings is 1. The van der Waals surface area contributed by atoms with Crippen LogP contribution in [-0.2, 0) is 4.79 Å². The van der Waals surface area contributed by atoms with E-state index in [0.717, 1.165) is 0 Å². The molecule has 5 nitrogen and oxygen atoms in total. The van der Waals surface area contributed by atoms with E-state index in [1.54, 1.807) is 5.32 Å². The molecule has 0 heterocycles. The highest BCUT2D eigenvalue weighted by Gasteiger charge is 2.27. The van der Waals surface area contributed by atoms with Gasteiger partial charge < -0.3 is 16.0 Å². The molecule has 3 N–H and O–H groups in total. The Labute approximate surface area is 130 Å². The van der Waals surface area contributed by atoms with Gasteiger partial charge in [-0.2, -0.15) is 13.2 Å². The van der Waals surface area contributed by atoms with Crippen LogP contribution in [-0.4, -0.2) is 24.7 Å². The van der Waals surface area contributed by atoms with Crippen LogP contribution < -0.4 is 16.0 Å². The third-order valence-corrected chi connectivity index (χ3v) is 2.75. The Bertz CT molecular complexity index is 550. The number of urea groups is 1. The van der Waals surface area contributed by atoms with Crippen LogP contribution in [0.25, 0.3) is 0 Å². The van der Waals surface area contributed by atoms with Crippen molar-refractivity contribution in [2.45, 2.75) is 25.9 Å². The lowest BCUT2D eigenvalue weighted by molar-refractivity contribution is -0.122. The van der Waals surface area contributed by atoms with Gasteiger partial charge in [-0.3, -0.25) is 4.79 Å². The van der Waals surface area contributed by atoms with Gasteiger partial charge in [0.2, 0.25) is 5.91 Å². The Morgan fingerprint density at radius 1 is 1.23 bits per heavy atom. The Morgan fingerprint density at radius 3 is 2.50 bits per heavy atom. The van der Waals surface area contributed by atoms with Crippen molar-refractivity contribution in [3.8, 4) is 0 Å². The molecule has 0 spiro atoms. The summed E-state index contributed by atoms with van der Waals surface area (Å²) in [5.41, 5.74) is 0.476. The second kappa shape index (κ2) is 7.88. The van der Waals surface area contributed by atoms with E-state index in [1.165, 1.54) is 18.2 Å². The smallest absolute Gasteiger partial charge is 0.329 e. The van der Waals surface area contributed by atoms with E-state index in [0.29, 0.717) is 18.5 Å². The molecule has 1 aromatic rings. The number of amides is 3. The summed E-state index contributed by atoms with van der Waals surface area (Å²) in [5, 5.41) is 6.58. The lowest BCUT2D eigenvalue weighted by Gasteiger charge is -2.12. The average Bonchev–Trinajstić information content (AvgIpc) is 2.40. The molecule has 0 aliphatic heterocycles. The number of halogens is 4. The van der Waals surface area contributed by atoms with Gasteiger partial charge in [-0.1, -0.05) is 18.5 Å². The number of rotatable bonds is 5. The molecule has 0 fully saturated rings. The number of hydrogen-bond acceptors (Lipinski definition) is 2. The lowest BCUT2D eigenvalue weighted by Crippen LogP contribution is -2.36. The lowest BCUT2D eigenvalue weighted by atomic mass is 10.2. The van der Waals surface area contributed by atoms with Crippen LogP contribution in [0.1, 0.15) is 19.8 Å². The molecule has 0 saturated heterocycles. The fourth-order valence-electron chi connectivity index (χ4n) is 1.50. The summed E-state index contributed by atoms with van der Waals surface area (Å²) < 4.78 is 36.0. The predicted octanol–water partition coefficient (Wildman–Crippen LogP) is 3.76. The standard InChI is InChI=1S/C13H15ClF3N3O2/c1-2-3-11(21)19-8-4-5-9(14)10(6-8)20-12(22)18-7-13(15,16)17/h4-6H,2-3,7H2,1H3,(H,19,21)(H2,18,20,22). The summed E-state index contributed by atoms with van der Waals surface area (Å²) in [5.74, 6) is -0.211. The van der Waals surface area contributed by atoms with Gasteiger partial charge in [0.15, 0.2) is 0 Å². The maximum atomic E-state index is 12.0. The number of carbonyl (C=O) groups excluding carboxylic acids is 2. The number of carbonyl (C=O) groups is 2. The molecule has 0 aliphatic carbocycles. The Hall–Kier alpha value is -1.96. The number of nitrogens with one attached hydrogen (secondary N) is 3. The highest BCUT2D eigenvalue weighted by atomic mass is 35.5. The normalized spacial score (nSPS) is 11.0. The van der Waals surface area contributed by atoms with E-state index in [-0.39, 0.29) is 16.6 Å². The van der Waals surface area contributed by atoms with Gasteiger partial charge in [0.25, 0.3) is 0 Å². The molecule has 0 aromatic heterocycles. The average molecular weight is 338 g/mol. The van der Waals surface area contributed by atoms with Gasteiger partial charge >= 0.3 is 12.2 Å². The number of alkyl halides is 3. The third-order valence-electron chi connectivity index (χ3n) is 2.42. The molecule has 0 radical (unpaired) electrons. The summed E-state index contributed by atoms with van der Waals surface area (Å²) >= 11 is 5.85. The molecule has 0 bridgehead atoms. The van der Waals surface area contributed by atoms with Crippen molar-refractivity contribution in [2.75, 3.05) is 17.2 Å². The van der Waals surface area contributed by atoms with E-state index >= 15 is 0 Å². The fourth-order valence-corrected chi connectivity index (χ4v) is 1.66. The van der Waals surface area contributed by atoms with Gasteiger partial charge in [-0.05, 0) is 24.6 Å². The molecule has 9 heteroatoms. The minimum Gasteiger partial charge on any atom is -0.329 e. The highest BCUT2D eigenvalue weighted by molar-refractivity contribution is 6.33. The number of anilines is 2. The van der Waals surface area contributed by atoms with Crippen LogP contribution >= 0.6 is 11.6 Å². The first-order valence-corrected chi connectivity index (χ1v) is 6.80. The monoisotopic (exact) mass is 337 g/mol. The van der Waals surface area contributed by atoms with Crippen molar-refractivity contribution >= 4 is 34.9 Å². The third kappa shape index (κ3) is 6.66. The Balaban J connectivity index is 2.69. The first kappa shape index (κ1) is 18.1. The maximum absolute atomic E-state index is 12.0. The van der Waals surface area contributed by atoms with Gasteiger partial charge in [-0.15, -0.1) is 0 Å². The molecule has 0 atom stereocenters. The summed E-state index contributed by atoms with van der Waals surface area (Å²) in [6.07, 6.45) is -3.50. The first-order valence-electron chi connectivity index (χ1n) is 6.42. The largest absolute Gasteiger partial charge is 0.405 e. The summed E-state index contributed by atoms with van der Waals surface area (Å²) in [7, 11) is 0. The van der Waals surface area contributed by atoms with E-state index in [4.69, 9.17) is 11.6 Å². The van der Waals surface area contributed by atoms with Gasteiger partial charge in [-0.25, -0.2) is 4.79 Å². The fraction of sp³-hybridized carbons (Fsp3) is 0.385. The van der Waals surface area contributed by atoms with Crippen molar-refractivity contribution in [1.29, 1.82) is 0 Å². The molecular weight excluding hydrogens is 323 g/mol. The molecule has 0 unspecified atom stereocenters. The van der Waals surface area contributed by atoms with Crippen molar-refractivity contribution < 1.29 is 22.8 Å². The summed E-state index contributed by atoms with van der Waals surface area (Å²) in [6, 6.07) is 3.26. The molecule has 0 aliphatic rings. The van der Waals surface area contributed by atoms with Crippen LogP contribution in [0.3, 0.4) is 0 Å². The van der Waals surface area contributed by atoms with Gasteiger partial charge in [0.1, 0.15) is 6.54 Å². The highest BCUT2D eigenvalue weighted by Crippen LogP contribution is 2.25. The zero-order chi connectivity index (χ0) is 16.8. The number of hydrogen-bond donors (Lipinski definition) is 3. The van der Waals surface area contributed by atoms with Crippen molar-refractivity contribution in [3.05, 3.63) is 23.2 Å². The van der Waals surface area contributed by atoms with Crippen LogP contribution in [0.4, 0.5) is 29.3 Å². The van der Waals surface area contributed by atoms with Crippen LogP contribution in [0.5, 0.6) is 0 Å². The minimum absolute atomic E-state index is 0.0932. The zero-order valence-electron chi connectivity index (χ0n) is 11.7. The minimum atomic E-state index is -4.50. The van der Waals surface area contributed by atoms with E-state index in [2.05, 4.69) is 10.6 Å². The quantitative estimate of drug-likeness (QED) is 0.765. The Kier molecular flexibility index (Phi) is 6.48. The topological polar surface area (TPSA) is 70.2 Å². The molecule has 122 valence electrons. The molecule has 1 aromatic carbocycles. The van der Waals surface area contributed by atoms with Crippen molar-refractivity contribution in [3.63, 3.8) is 0 Å². The molecular formula is C13H15ClF3N3O2.